The van der Waals surface area contributed by atoms with Gasteiger partial charge in [-0.05, 0) is 48.9 Å². The van der Waals surface area contributed by atoms with Crippen LogP contribution in [0.5, 0.6) is 0 Å². The highest BCUT2D eigenvalue weighted by atomic mass is 19.1. The third kappa shape index (κ3) is 3.60. The third-order valence-corrected chi connectivity index (χ3v) is 4.83. The Hall–Kier alpha value is -2.73. The Morgan fingerprint density at radius 2 is 1.73 bits per heavy atom. The van der Waals surface area contributed by atoms with E-state index in [4.69, 9.17) is 0 Å². The van der Waals surface area contributed by atoms with Gasteiger partial charge < -0.3 is 4.90 Å². The van der Waals surface area contributed by atoms with Gasteiger partial charge in [0.15, 0.2) is 5.82 Å². The molecule has 3 aromatic rings. The first-order valence-corrected chi connectivity index (χ1v) is 8.88. The van der Waals surface area contributed by atoms with Gasteiger partial charge in [0, 0.05) is 37.6 Å². The van der Waals surface area contributed by atoms with Crippen molar-refractivity contribution in [2.45, 2.75) is 13.5 Å². The molecule has 0 amide bonds. The molecule has 2 heterocycles. The third-order valence-electron chi connectivity index (χ3n) is 4.83. The van der Waals surface area contributed by atoms with Gasteiger partial charge in [-0.1, -0.05) is 12.1 Å². The first-order valence-electron chi connectivity index (χ1n) is 8.88. The summed E-state index contributed by atoms with van der Waals surface area (Å²) in [5, 5.41) is 8.42. The summed E-state index contributed by atoms with van der Waals surface area (Å²) >= 11 is 0. The lowest BCUT2D eigenvalue weighted by Crippen LogP contribution is -2.46. The van der Waals surface area contributed by atoms with E-state index in [1.165, 1.54) is 17.7 Å². The van der Waals surface area contributed by atoms with Crippen LogP contribution in [0.25, 0.3) is 5.69 Å². The zero-order valence-corrected chi connectivity index (χ0v) is 14.8. The number of benzene rings is 2. The fourth-order valence-corrected chi connectivity index (χ4v) is 3.38. The molecule has 5 nitrogen and oxygen atoms in total. The van der Waals surface area contributed by atoms with Gasteiger partial charge in [-0.2, -0.15) is 0 Å². The Bertz CT molecular complexity index is 866. The molecule has 0 atom stereocenters. The van der Waals surface area contributed by atoms with Crippen LogP contribution in [-0.2, 0) is 6.54 Å². The normalized spacial score (nSPS) is 15.4. The molecule has 0 N–H and O–H groups in total. The predicted octanol–water partition coefficient (Wildman–Crippen LogP) is 3.04. The molecule has 1 fully saturated rings. The van der Waals surface area contributed by atoms with Gasteiger partial charge >= 0.3 is 0 Å². The Balaban J connectivity index is 1.41. The molecular weight excluding hydrogens is 329 g/mol. The summed E-state index contributed by atoms with van der Waals surface area (Å²) in [6, 6.07) is 15.1. The summed E-state index contributed by atoms with van der Waals surface area (Å²) in [6.07, 6.45) is 1.78. The van der Waals surface area contributed by atoms with E-state index < -0.39 is 0 Å². The van der Waals surface area contributed by atoms with Crippen LogP contribution < -0.4 is 4.90 Å². The minimum absolute atomic E-state index is 0.192. The molecule has 4 rings (SSSR count). The minimum atomic E-state index is -0.192. The summed E-state index contributed by atoms with van der Waals surface area (Å²) in [4.78, 5) is 4.68. The second-order valence-electron chi connectivity index (χ2n) is 6.70. The van der Waals surface area contributed by atoms with Gasteiger partial charge in [0.05, 0.1) is 6.54 Å². The number of piperazine rings is 1. The fourth-order valence-electron chi connectivity index (χ4n) is 3.38. The van der Waals surface area contributed by atoms with E-state index in [1.54, 1.807) is 6.33 Å². The van der Waals surface area contributed by atoms with E-state index in [0.29, 0.717) is 0 Å². The molecule has 1 aliphatic rings. The molecule has 0 unspecified atom stereocenters. The van der Waals surface area contributed by atoms with E-state index in [-0.39, 0.29) is 5.82 Å². The molecule has 1 aliphatic heterocycles. The van der Waals surface area contributed by atoms with Crippen LogP contribution in [0, 0.1) is 12.7 Å². The monoisotopic (exact) mass is 351 g/mol. The maximum Gasteiger partial charge on any atom is 0.151 e. The second-order valence-corrected chi connectivity index (χ2v) is 6.70. The van der Waals surface area contributed by atoms with Crippen molar-refractivity contribution < 1.29 is 4.39 Å². The maximum absolute atomic E-state index is 13.1. The average Bonchev–Trinajstić information content (AvgIpc) is 3.11. The lowest BCUT2D eigenvalue weighted by molar-refractivity contribution is 0.242. The van der Waals surface area contributed by atoms with Gasteiger partial charge in [0.25, 0.3) is 0 Å². The first-order chi connectivity index (χ1) is 12.7. The largest absolute Gasteiger partial charge is 0.369 e. The Morgan fingerprint density at radius 1 is 0.962 bits per heavy atom. The highest BCUT2D eigenvalue weighted by molar-refractivity contribution is 5.46. The summed E-state index contributed by atoms with van der Waals surface area (Å²) < 4.78 is 15.1. The molecule has 1 aromatic heterocycles. The zero-order valence-electron chi connectivity index (χ0n) is 14.8. The van der Waals surface area contributed by atoms with Crippen LogP contribution in [-0.4, -0.2) is 45.8 Å². The molecule has 6 heteroatoms. The minimum Gasteiger partial charge on any atom is -0.369 e. The van der Waals surface area contributed by atoms with Crippen molar-refractivity contribution in [3.8, 4) is 5.69 Å². The number of hydrogen-bond acceptors (Lipinski definition) is 4. The smallest absolute Gasteiger partial charge is 0.151 e. The van der Waals surface area contributed by atoms with Crippen molar-refractivity contribution in [2.24, 2.45) is 0 Å². The van der Waals surface area contributed by atoms with Crippen LogP contribution in [0.3, 0.4) is 0 Å². The number of rotatable bonds is 4. The molecule has 0 bridgehead atoms. The number of aryl methyl sites for hydroxylation is 1. The van der Waals surface area contributed by atoms with E-state index >= 15 is 0 Å². The van der Waals surface area contributed by atoms with Gasteiger partial charge in [0.2, 0.25) is 0 Å². The predicted molar refractivity (Wildman–Crippen MR) is 100.0 cm³/mol. The van der Waals surface area contributed by atoms with E-state index in [1.807, 2.05) is 12.1 Å². The van der Waals surface area contributed by atoms with Gasteiger partial charge in [-0.3, -0.25) is 9.47 Å². The molecule has 134 valence electrons. The number of halogens is 1. The SMILES string of the molecule is Cc1cccc(-n2cnnc2CN2CCN(c3ccc(F)cc3)CC2)c1. The van der Waals surface area contributed by atoms with E-state index in [0.717, 1.165) is 49.9 Å². The van der Waals surface area contributed by atoms with Crippen molar-refractivity contribution >= 4 is 5.69 Å². The van der Waals surface area contributed by atoms with Gasteiger partial charge in [-0.25, -0.2) is 4.39 Å². The van der Waals surface area contributed by atoms with Crippen LogP contribution >= 0.6 is 0 Å². The van der Waals surface area contributed by atoms with Crippen LogP contribution in [0.15, 0.2) is 54.9 Å². The Kier molecular flexibility index (Phi) is 4.67. The van der Waals surface area contributed by atoms with Crippen LogP contribution in [0.1, 0.15) is 11.4 Å². The number of anilines is 1. The Morgan fingerprint density at radius 3 is 2.46 bits per heavy atom. The summed E-state index contributed by atoms with van der Waals surface area (Å²) in [7, 11) is 0. The van der Waals surface area contributed by atoms with Crippen LogP contribution in [0.4, 0.5) is 10.1 Å². The topological polar surface area (TPSA) is 37.2 Å². The molecule has 1 saturated heterocycles. The molecule has 26 heavy (non-hydrogen) atoms. The van der Waals surface area contributed by atoms with Gasteiger partial charge in [0.1, 0.15) is 12.1 Å². The van der Waals surface area contributed by atoms with Crippen molar-refractivity contribution in [3.63, 3.8) is 0 Å². The lowest BCUT2D eigenvalue weighted by Gasteiger charge is -2.35. The first kappa shape index (κ1) is 16.7. The molecule has 0 aliphatic carbocycles. The van der Waals surface area contributed by atoms with Crippen molar-refractivity contribution in [1.82, 2.24) is 19.7 Å². The molecule has 0 spiro atoms. The highest BCUT2D eigenvalue weighted by Crippen LogP contribution is 2.18. The summed E-state index contributed by atoms with van der Waals surface area (Å²) in [5.41, 5.74) is 3.39. The number of aromatic nitrogens is 3. The van der Waals surface area contributed by atoms with E-state index in [2.05, 4.69) is 55.8 Å². The second kappa shape index (κ2) is 7.25. The summed E-state index contributed by atoms with van der Waals surface area (Å²) in [5.74, 6) is 0.758. The molecular formula is C20H22FN5. The zero-order chi connectivity index (χ0) is 17.9. The quantitative estimate of drug-likeness (QED) is 0.724. The van der Waals surface area contributed by atoms with Crippen molar-refractivity contribution in [1.29, 1.82) is 0 Å². The molecule has 2 aromatic carbocycles. The molecule has 0 radical (unpaired) electrons. The fraction of sp³-hybridized carbons (Fsp3) is 0.300. The highest BCUT2D eigenvalue weighted by Gasteiger charge is 2.19. The van der Waals surface area contributed by atoms with Gasteiger partial charge in [-0.15, -0.1) is 10.2 Å². The average molecular weight is 351 g/mol. The maximum atomic E-state index is 13.1. The number of nitrogens with zero attached hydrogens (tertiary/aromatic N) is 5. The standard InChI is InChI=1S/C20H22FN5/c1-16-3-2-4-19(13-16)26-15-22-23-20(26)14-24-9-11-25(12-10-24)18-7-5-17(21)6-8-18/h2-8,13,15H,9-12,14H2,1H3. The van der Waals surface area contributed by atoms with E-state index in [9.17, 15) is 4.39 Å². The lowest BCUT2D eigenvalue weighted by atomic mass is 10.2. The number of hydrogen-bond donors (Lipinski definition) is 0. The molecule has 0 saturated carbocycles. The van der Waals surface area contributed by atoms with Crippen LogP contribution in [0.2, 0.25) is 0 Å². The summed E-state index contributed by atoms with van der Waals surface area (Å²) in [6.45, 7) is 6.58. The van der Waals surface area contributed by atoms with Crippen molar-refractivity contribution in [2.75, 3.05) is 31.1 Å². The Labute approximate surface area is 152 Å². The van der Waals surface area contributed by atoms with Crippen molar-refractivity contribution in [3.05, 3.63) is 72.1 Å².